The minimum atomic E-state index is 0.515. The van der Waals surface area contributed by atoms with Gasteiger partial charge in [0.05, 0.1) is 0 Å². The van der Waals surface area contributed by atoms with E-state index in [4.69, 9.17) is 0 Å². The molecule has 0 aromatic heterocycles. The average Bonchev–Trinajstić information content (AvgIpc) is 2.14. The lowest BCUT2D eigenvalue weighted by Crippen LogP contribution is -2.22. The van der Waals surface area contributed by atoms with Gasteiger partial charge in [0.15, 0.2) is 0 Å². The van der Waals surface area contributed by atoms with Crippen LogP contribution in [0.15, 0.2) is 16.8 Å². The second kappa shape index (κ2) is 7.74. The van der Waals surface area contributed by atoms with E-state index in [1.165, 1.54) is 17.8 Å². The highest BCUT2D eigenvalue weighted by molar-refractivity contribution is 5.84. The van der Waals surface area contributed by atoms with Gasteiger partial charge in [0.1, 0.15) is 0 Å². The van der Waals surface area contributed by atoms with E-state index in [-0.39, 0.29) is 0 Å². The molecule has 0 radical (unpaired) electrons. The molecule has 1 N–H and O–H groups in total. The topological polar surface area (TPSA) is 24.4 Å². The minimum absolute atomic E-state index is 0.515. The monoisotopic (exact) mass is 196 g/mol. The smallest absolute Gasteiger partial charge is 0.0386 e. The van der Waals surface area contributed by atoms with Crippen molar-refractivity contribution in [2.45, 2.75) is 41.0 Å². The fourth-order valence-corrected chi connectivity index (χ4v) is 1.23. The van der Waals surface area contributed by atoms with E-state index in [0.717, 1.165) is 13.1 Å². The van der Waals surface area contributed by atoms with Crippen LogP contribution in [0.5, 0.6) is 0 Å². The number of hydrogen-bond acceptors (Lipinski definition) is 2. The van der Waals surface area contributed by atoms with Crippen LogP contribution in [0.3, 0.4) is 0 Å². The van der Waals surface area contributed by atoms with E-state index in [1.54, 1.807) is 0 Å². The molecule has 0 unspecified atom stereocenters. The Bertz CT molecular complexity index is 202. The number of allylic oxidation sites excluding steroid dienone is 2. The molecule has 0 aliphatic carbocycles. The maximum atomic E-state index is 4.58. The molecule has 0 heterocycles. The summed E-state index contributed by atoms with van der Waals surface area (Å²) >= 11 is 0. The van der Waals surface area contributed by atoms with Gasteiger partial charge in [-0.1, -0.05) is 26.8 Å². The summed E-state index contributed by atoms with van der Waals surface area (Å²) in [6.07, 6.45) is 3.27. The summed E-state index contributed by atoms with van der Waals surface area (Å²) in [4.78, 5) is 4.58. The molecule has 14 heavy (non-hydrogen) atoms. The van der Waals surface area contributed by atoms with E-state index in [9.17, 15) is 0 Å². The van der Waals surface area contributed by atoms with Gasteiger partial charge in [-0.25, -0.2) is 0 Å². The van der Waals surface area contributed by atoms with Crippen molar-refractivity contribution in [3.05, 3.63) is 11.8 Å². The number of rotatable bonds is 6. The molecule has 0 saturated heterocycles. The molecule has 0 rings (SSSR count). The Labute approximate surface area is 88.5 Å². The zero-order valence-corrected chi connectivity index (χ0v) is 10.2. The second-order valence-electron chi connectivity index (χ2n) is 3.89. The van der Waals surface area contributed by atoms with Gasteiger partial charge >= 0.3 is 0 Å². The van der Waals surface area contributed by atoms with Gasteiger partial charge in [-0.05, 0) is 32.7 Å². The summed E-state index contributed by atoms with van der Waals surface area (Å²) in [5, 5.41) is 3.35. The van der Waals surface area contributed by atoms with Crippen LogP contribution in [-0.2, 0) is 0 Å². The average molecular weight is 196 g/mol. The lowest BCUT2D eigenvalue weighted by Gasteiger charge is -2.08. The molecule has 0 aliphatic rings. The van der Waals surface area contributed by atoms with Crippen molar-refractivity contribution < 1.29 is 0 Å². The summed E-state index contributed by atoms with van der Waals surface area (Å²) in [5.41, 5.74) is 2.35. The van der Waals surface area contributed by atoms with Crippen molar-refractivity contribution in [2.75, 3.05) is 13.1 Å². The van der Waals surface area contributed by atoms with Crippen molar-refractivity contribution in [1.29, 1.82) is 0 Å². The Hall–Kier alpha value is -0.630. The maximum absolute atomic E-state index is 4.58. The fourth-order valence-electron chi connectivity index (χ4n) is 1.23. The van der Waals surface area contributed by atoms with Crippen LogP contribution in [0.2, 0.25) is 0 Å². The van der Waals surface area contributed by atoms with Gasteiger partial charge in [-0.2, -0.15) is 0 Å². The van der Waals surface area contributed by atoms with Crippen molar-refractivity contribution in [3.8, 4) is 0 Å². The molecular weight excluding hydrogens is 172 g/mol. The fraction of sp³-hybridized carbons (Fsp3) is 0.750. The molecule has 0 atom stereocenters. The highest BCUT2D eigenvalue weighted by Gasteiger charge is 2.00. The zero-order chi connectivity index (χ0) is 11.0. The standard InChI is InChI=1S/C12H24N2/c1-6-8-13-9-11(5)14-12(7-2)10(3)4/h7,10,13H,6,8-9H2,1-5H3/b12-7-,14-11?. The minimum Gasteiger partial charge on any atom is -0.311 e. The van der Waals surface area contributed by atoms with Crippen LogP contribution in [0, 0.1) is 5.92 Å². The van der Waals surface area contributed by atoms with Gasteiger partial charge in [0.2, 0.25) is 0 Å². The highest BCUT2D eigenvalue weighted by atomic mass is 14.9. The second-order valence-corrected chi connectivity index (χ2v) is 3.89. The van der Waals surface area contributed by atoms with Gasteiger partial charge in [0, 0.05) is 18.0 Å². The third kappa shape index (κ3) is 5.92. The number of nitrogens with zero attached hydrogens (tertiary/aromatic N) is 1. The predicted octanol–water partition coefficient (Wildman–Crippen LogP) is 3.01. The van der Waals surface area contributed by atoms with E-state index >= 15 is 0 Å². The van der Waals surface area contributed by atoms with Gasteiger partial charge in [0.25, 0.3) is 0 Å². The van der Waals surface area contributed by atoms with Crippen LogP contribution in [0.1, 0.15) is 41.0 Å². The molecule has 0 amide bonds. The van der Waals surface area contributed by atoms with Gasteiger partial charge in [-0.15, -0.1) is 0 Å². The lowest BCUT2D eigenvalue weighted by molar-refractivity contribution is 0.731. The lowest BCUT2D eigenvalue weighted by atomic mass is 10.1. The molecule has 0 bridgehead atoms. The first kappa shape index (κ1) is 13.4. The first-order valence-corrected chi connectivity index (χ1v) is 5.52. The van der Waals surface area contributed by atoms with Crippen molar-refractivity contribution in [2.24, 2.45) is 10.9 Å². The molecule has 0 spiro atoms. The quantitative estimate of drug-likeness (QED) is 0.512. The molecule has 2 nitrogen and oxygen atoms in total. The summed E-state index contributed by atoms with van der Waals surface area (Å²) in [5.74, 6) is 0.515. The summed E-state index contributed by atoms with van der Waals surface area (Å²) < 4.78 is 0. The van der Waals surface area contributed by atoms with Crippen molar-refractivity contribution >= 4 is 5.71 Å². The zero-order valence-electron chi connectivity index (χ0n) is 10.2. The van der Waals surface area contributed by atoms with Crippen molar-refractivity contribution in [1.82, 2.24) is 5.32 Å². The summed E-state index contributed by atoms with van der Waals surface area (Å²) in [6, 6.07) is 0. The Morgan fingerprint density at radius 2 is 2.07 bits per heavy atom. The van der Waals surface area contributed by atoms with Crippen LogP contribution >= 0.6 is 0 Å². The normalized spacial score (nSPS) is 13.9. The summed E-state index contributed by atoms with van der Waals surface area (Å²) in [7, 11) is 0. The molecule has 0 aromatic rings. The molecule has 0 aliphatic heterocycles. The first-order valence-electron chi connectivity index (χ1n) is 5.52. The highest BCUT2D eigenvalue weighted by Crippen LogP contribution is 2.10. The summed E-state index contributed by atoms with van der Waals surface area (Å²) in [6.45, 7) is 12.6. The molecule has 0 saturated carbocycles. The SMILES string of the molecule is C/C=C(\N=C(C)CNCCC)C(C)C. The third-order valence-electron chi connectivity index (χ3n) is 2.01. The molecule has 0 aromatic carbocycles. The van der Waals surface area contributed by atoms with Gasteiger partial charge in [-0.3, -0.25) is 4.99 Å². The largest absolute Gasteiger partial charge is 0.311 e. The Kier molecular flexibility index (Phi) is 7.40. The van der Waals surface area contributed by atoms with Crippen LogP contribution < -0.4 is 5.32 Å². The Balaban J connectivity index is 4.07. The number of hydrogen-bond donors (Lipinski definition) is 1. The Morgan fingerprint density at radius 1 is 1.43 bits per heavy atom. The van der Waals surface area contributed by atoms with Crippen molar-refractivity contribution in [3.63, 3.8) is 0 Å². The maximum Gasteiger partial charge on any atom is 0.0386 e. The van der Waals surface area contributed by atoms with Crippen LogP contribution in [0.4, 0.5) is 0 Å². The van der Waals surface area contributed by atoms with Crippen LogP contribution in [0.25, 0.3) is 0 Å². The number of nitrogens with one attached hydrogen (secondary N) is 1. The molecule has 2 heteroatoms. The van der Waals surface area contributed by atoms with E-state index in [2.05, 4.69) is 44.1 Å². The third-order valence-corrected chi connectivity index (χ3v) is 2.01. The number of aliphatic imine (C=N–C) groups is 1. The first-order chi connectivity index (χ1) is 6.61. The predicted molar refractivity (Wildman–Crippen MR) is 64.9 cm³/mol. The Morgan fingerprint density at radius 3 is 2.50 bits per heavy atom. The molecular formula is C12H24N2. The molecule has 82 valence electrons. The van der Waals surface area contributed by atoms with E-state index in [1.807, 2.05) is 6.92 Å². The van der Waals surface area contributed by atoms with Crippen LogP contribution in [-0.4, -0.2) is 18.8 Å². The van der Waals surface area contributed by atoms with Gasteiger partial charge < -0.3 is 5.32 Å². The van der Waals surface area contributed by atoms with E-state index in [0.29, 0.717) is 5.92 Å². The van der Waals surface area contributed by atoms with E-state index < -0.39 is 0 Å². The molecule has 0 fully saturated rings.